The van der Waals surface area contributed by atoms with Crippen molar-refractivity contribution in [2.24, 2.45) is 0 Å². The molecule has 0 radical (unpaired) electrons. The van der Waals surface area contributed by atoms with Crippen molar-refractivity contribution in [1.82, 2.24) is 29.9 Å². The van der Waals surface area contributed by atoms with Crippen molar-refractivity contribution in [3.05, 3.63) is 121 Å². The number of anilines is 8. The van der Waals surface area contributed by atoms with E-state index in [1.807, 2.05) is 60.7 Å². The Labute approximate surface area is 342 Å². The monoisotopic (exact) mass is 754 g/mol. The molecule has 4 N–H and O–H groups in total. The van der Waals surface area contributed by atoms with Crippen LogP contribution in [0.1, 0.15) is 11.1 Å². The van der Waals surface area contributed by atoms with Gasteiger partial charge in [-0.1, -0.05) is 60.7 Å². The maximum absolute atomic E-state index is 12.3. The van der Waals surface area contributed by atoms with E-state index in [0.717, 1.165) is 23.5 Å². The van der Waals surface area contributed by atoms with Gasteiger partial charge in [0.15, 0.2) is 0 Å². The summed E-state index contributed by atoms with van der Waals surface area (Å²) < 4.78 is 73.5. The Hall–Kier alpha value is -4.34. The van der Waals surface area contributed by atoms with Gasteiger partial charge in [-0.05, 0) is 59.7 Å². The van der Waals surface area contributed by atoms with Gasteiger partial charge in [-0.2, -0.15) is 9.97 Å². The second-order valence-electron chi connectivity index (χ2n) is 10.2. The Balaban J connectivity index is 0.00000302. The van der Waals surface area contributed by atoms with Gasteiger partial charge in [0.2, 0.25) is 23.8 Å². The summed E-state index contributed by atoms with van der Waals surface area (Å²) in [7, 11) is -10.1. The molecule has 0 saturated carbocycles. The average Bonchev–Trinajstić information content (AvgIpc) is 3.08. The summed E-state index contributed by atoms with van der Waals surface area (Å²) in [6.45, 7) is 0. The zero-order valence-electron chi connectivity index (χ0n) is 27.5. The van der Waals surface area contributed by atoms with Crippen molar-refractivity contribution >= 4 is 78.9 Å². The number of hydrogen-bond acceptors (Lipinski definition) is 16. The Morgan fingerprint density at radius 3 is 1.12 bits per heavy atom. The fourth-order valence-corrected chi connectivity index (χ4v) is 5.90. The zero-order valence-corrected chi connectivity index (χ0v) is 33.1. The van der Waals surface area contributed by atoms with Crippen molar-refractivity contribution in [2.45, 2.75) is 9.79 Å². The van der Waals surface area contributed by atoms with Crippen LogP contribution in [0.2, 0.25) is 0 Å². The molecule has 4 aromatic carbocycles. The molecule has 0 aliphatic heterocycles. The summed E-state index contributed by atoms with van der Waals surface area (Å²) in [5.41, 5.74) is 1.68. The maximum Gasteiger partial charge on any atom is 1.00 e. The van der Waals surface area contributed by atoms with Gasteiger partial charge in [-0.3, -0.25) is 0 Å². The number of benzene rings is 4. The molecule has 16 nitrogen and oxygen atoms in total. The molecule has 0 spiro atoms. The van der Waals surface area contributed by atoms with Crippen LogP contribution in [0.25, 0.3) is 12.2 Å². The predicted octanol–water partition coefficient (Wildman–Crippen LogP) is -0.982. The van der Waals surface area contributed by atoms with Crippen LogP contribution in [0, 0.1) is 0 Å². The number of nitrogens with zero attached hydrogens (tertiary/aromatic N) is 6. The van der Waals surface area contributed by atoms with E-state index in [-0.39, 0.29) is 105 Å². The zero-order chi connectivity index (χ0) is 35.1. The minimum atomic E-state index is -5.03. The molecule has 52 heavy (non-hydrogen) atoms. The fraction of sp³-hybridized carbons (Fsp3) is 0. The SMILES string of the molecule is O=S(=O)([O-])c1cc(Nc2ncnc(Nc3ccccc3)n2)ccc1C=Cc1ccc(Nc2ncnc(Nc3ccccc3)n2)cc1S(=O)(=O)[O-].[Na+].[Na+]. The normalized spacial score (nSPS) is 11.2. The Morgan fingerprint density at radius 1 is 0.462 bits per heavy atom. The summed E-state index contributed by atoms with van der Waals surface area (Å²) in [6, 6.07) is 26.0. The van der Waals surface area contributed by atoms with Gasteiger partial charge >= 0.3 is 59.1 Å². The second-order valence-corrected chi connectivity index (χ2v) is 12.9. The third kappa shape index (κ3) is 11.1. The fourth-order valence-electron chi connectivity index (χ4n) is 4.51. The van der Waals surface area contributed by atoms with Gasteiger partial charge in [0, 0.05) is 22.7 Å². The van der Waals surface area contributed by atoms with E-state index < -0.39 is 30.0 Å². The van der Waals surface area contributed by atoms with Crippen molar-refractivity contribution in [2.75, 3.05) is 21.3 Å². The third-order valence-electron chi connectivity index (χ3n) is 6.72. The van der Waals surface area contributed by atoms with Gasteiger partial charge < -0.3 is 30.4 Å². The van der Waals surface area contributed by atoms with Crippen molar-refractivity contribution in [3.63, 3.8) is 0 Å². The quantitative estimate of drug-likeness (QED) is 0.0667. The Morgan fingerprint density at radius 2 is 0.788 bits per heavy atom. The number of rotatable bonds is 12. The molecule has 20 heteroatoms. The summed E-state index contributed by atoms with van der Waals surface area (Å²) >= 11 is 0. The standard InChI is InChI=1S/C32H26N10O6S2.2Na/c43-49(44,45)27-17-25(39-31-35-19-33-29(41-31)37-23-7-3-1-4-8-23)15-13-21(27)11-12-22-14-16-26(18-28(22)50(46,47)48)40-32-36-20-34-30(42-32)38-24-9-5-2-6-10-24;;/h1-20H,(H,43,44,45)(H,46,47,48)(H2,33,35,37,39,41)(H2,34,36,38,40,42);;/q;2*+1/p-2. The smallest absolute Gasteiger partial charge is 0.744 e. The van der Waals surface area contributed by atoms with Crippen LogP contribution in [-0.4, -0.2) is 55.8 Å². The molecule has 2 heterocycles. The molecule has 0 bridgehead atoms. The third-order valence-corrected chi connectivity index (χ3v) is 8.51. The molecule has 2 aromatic heterocycles. The summed E-state index contributed by atoms with van der Waals surface area (Å²) in [5.74, 6) is 0.563. The number of para-hydroxylation sites is 2. The first kappa shape index (κ1) is 40.4. The molecule has 6 aromatic rings. The molecule has 252 valence electrons. The van der Waals surface area contributed by atoms with Crippen LogP contribution < -0.4 is 80.4 Å². The maximum atomic E-state index is 12.3. The van der Waals surface area contributed by atoms with E-state index in [1.165, 1.54) is 49.1 Å². The van der Waals surface area contributed by atoms with Crippen LogP contribution in [-0.2, 0) is 20.2 Å². The van der Waals surface area contributed by atoms with Crippen molar-refractivity contribution in [3.8, 4) is 0 Å². The number of nitrogens with one attached hydrogen (secondary N) is 4. The number of hydrogen-bond donors (Lipinski definition) is 4. The minimum Gasteiger partial charge on any atom is -0.744 e. The summed E-state index contributed by atoms with van der Waals surface area (Å²) in [5, 5.41) is 11.7. The van der Waals surface area contributed by atoms with Crippen LogP contribution in [0.4, 0.5) is 46.5 Å². The summed E-state index contributed by atoms with van der Waals surface area (Å²) in [6.07, 6.45) is 4.92. The molecule has 0 amide bonds. The van der Waals surface area contributed by atoms with Crippen LogP contribution in [0.15, 0.2) is 120 Å². The Bertz CT molecular complexity index is 2240. The minimum absolute atomic E-state index is 0. The molecular formula is C32H24N10Na2O6S2. The van der Waals surface area contributed by atoms with Gasteiger partial charge in [0.05, 0.1) is 9.79 Å². The van der Waals surface area contributed by atoms with Crippen LogP contribution >= 0.6 is 0 Å². The molecule has 0 atom stereocenters. The van der Waals surface area contributed by atoms with Gasteiger partial charge in [-0.25, -0.2) is 36.8 Å². The molecule has 0 aliphatic carbocycles. The topological polar surface area (TPSA) is 240 Å². The largest absolute Gasteiger partial charge is 1.00 e. The average molecular weight is 755 g/mol. The van der Waals surface area contributed by atoms with Gasteiger partial charge in [0.25, 0.3) is 0 Å². The second kappa shape index (κ2) is 17.9. The van der Waals surface area contributed by atoms with E-state index in [9.17, 15) is 25.9 Å². The molecule has 0 saturated heterocycles. The van der Waals surface area contributed by atoms with Crippen molar-refractivity contribution < 1.29 is 85.1 Å². The number of aromatic nitrogens is 6. The van der Waals surface area contributed by atoms with Gasteiger partial charge in [-0.15, -0.1) is 0 Å². The van der Waals surface area contributed by atoms with Crippen LogP contribution in [0.5, 0.6) is 0 Å². The molecule has 0 aliphatic rings. The first-order valence-corrected chi connectivity index (χ1v) is 17.3. The molecule has 0 fully saturated rings. The first-order valence-electron chi connectivity index (χ1n) is 14.4. The molecular weight excluding hydrogens is 731 g/mol. The van der Waals surface area contributed by atoms with Crippen molar-refractivity contribution in [1.29, 1.82) is 0 Å². The predicted molar refractivity (Wildman–Crippen MR) is 183 cm³/mol. The molecule has 6 rings (SSSR count). The van der Waals surface area contributed by atoms with E-state index in [1.54, 1.807) is 0 Å². The van der Waals surface area contributed by atoms with E-state index in [4.69, 9.17) is 0 Å². The first-order chi connectivity index (χ1) is 24.0. The van der Waals surface area contributed by atoms with Crippen LogP contribution in [0.3, 0.4) is 0 Å². The molecule has 0 unspecified atom stereocenters. The van der Waals surface area contributed by atoms with E-state index in [2.05, 4.69) is 51.2 Å². The van der Waals surface area contributed by atoms with E-state index >= 15 is 0 Å². The van der Waals surface area contributed by atoms with E-state index in [0.29, 0.717) is 0 Å². The summed E-state index contributed by atoms with van der Waals surface area (Å²) in [4.78, 5) is 23.5. The van der Waals surface area contributed by atoms with Gasteiger partial charge in [0.1, 0.15) is 32.9 Å². The Kier molecular flexibility index (Phi) is 13.9.